The predicted octanol–water partition coefficient (Wildman–Crippen LogP) is 3.25. The van der Waals surface area contributed by atoms with Crippen LogP contribution in [0.3, 0.4) is 0 Å². The highest BCUT2D eigenvalue weighted by Crippen LogP contribution is 2.25. The van der Waals surface area contributed by atoms with Crippen molar-refractivity contribution in [3.05, 3.63) is 53.9 Å². The van der Waals surface area contributed by atoms with Crippen LogP contribution in [0.4, 0.5) is 4.39 Å². The third kappa shape index (κ3) is 4.56. The molecule has 1 saturated heterocycles. The summed E-state index contributed by atoms with van der Waals surface area (Å²) in [4.78, 5) is 19.1. The van der Waals surface area contributed by atoms with Crippen molar-refractivity contribution in [1.82, 2.24) is 14.5 Å². The Hall–Kier alpha value is -2.21. The van der Waals surface area contributed by atoms with Crippen LogP contribution >= 0.6 is 0 Å². The van der Waals surface area contributed by atoms with Gasteiger partial charge >= 0.3 is 0 Å². The Kier molecular flexibility index (Phi) is 6.26. The topological polar surface area (TPSA) is 47.4 Å². The summed E-state index contributed by atoms with van der Waals surface area (Å²) in [5, 5.41) is 0. The highest BCUT2D eigenvalue weighted by Gasteiger charge is 2.32. The molecule has 3 rings (SSSR count). The maximum atomic E-state index is 14.1. The summed E-state index contributed by atoms with van der Waals surface area (Å²) in [6.07, 6.45) is 4.96. The van der Waals surface area contributed by atoms with Crippen molar-refractivity contribution in [3.63, 3.8) is 0 Å². The molecule has 1 amide bonds. The summed E-state index contributed by atoms with van der Waals surface area (Å²) in [7, 11) is 1.69. The molecule has 0 N–H and O–H groups in total. The zero-order valence-corrected chi connectivity index (χ0v) is 16.3. The van der Waals surface area contributed by atoms with E-state index < -0.39 is 0 Å². The molecule has 2 aromatic rings. The molecule has 1 aromatic heterocycles. The predicted molar refractivity (Wildman–Crippen MR) is 102 cm³/mol. The van der Waals surface area contributed by atoms with E-state index in [1.807, 2.05) is 27.8 Å². The van der Waals surface area contributed by atoms with Crippen molar-refractivity contribution >= 4 is 5.91 Å². The SMILES string of the molecule is CO[C@@H]1CCN(C(=O)Cn2ccnc2C(C)C)C[C@H]1Cc1ccccc1F. The van der Waals surface area contributed by atoms with E-state index in [9.17, 15) is 9.18 Å². The molecule has 27 heavy (non-hydrogen) atoms. The van der Waals surface area contributed by atoms with Gasteiger partial charge in [-0.15, -0.1) is 0 Å². The lowest BCUT2D eigenvalue weighted by Gasteiger charge is -2.38. The first-order valence-electron chi connectivity index (χ1n) is 9.54. The number of aromatic nitrogens is 2. The Labute approximate surface area is 160 Å². The number of hydrogen-bond acceptors (Lipinski definition) is 3. The van der Waals surface area contributed by atoms with Gasteiger partial charge in [0, 0.05) is 44.4 Å². The van der Waals surface area contributed by atoms with E-state index in [1.54, 1.807) is 19.4 Å². The van der Waals surface area contributed by atoms with Crippen molar-refractivity contribution in [1.29, 1.82) is 0 Å². The molecule has 0 aliphatic carbocycles. The number of ether oxygens (including phenoxy) is 1. The van der Waals surface area contributed by atoms with Crippen molar-refractivity contribution < 1.29 is 13.9 Å². The molecule has 1 fully saturated rings. The third-order valence-corrected chi connectivity index (χ3v) is 5.33. The maximum Gasteiger partial charge on any atom is 0.242 e. The number of amides is 1. The molecule has 1 aliphatic heterocycles. The van der Waals surface area contributed by atoms with Crippen LogP contribution in [0.5, 0.6) is 0 Å². The fourth-order valence-electron chi connectivity index (χ4n) is 3.89. The summed E-state index contributed by atoms with van der Waals surface area (Å²) in [6.45, 7) is 5.67. The van der Waals surface area contributed by atoms with E-state index >= 15 is 0 Å². The molecule has 146 valence electrons. The molecule has 0 unspecified atom stereocenters. The molecule has 0 spiro atoms. The summed E-state index contributed by atoms with van der Waals surface area (Å²) >= 11 is 0. The first-order chi connectivity index (χ1) is 13.0. The molecule has 1 aliphatic rings. The minimum absolute atomic E-state index is 0.0353. The minimum atomic E-state index is -0.198. The second kappa shape index (κ2) is 8.65. The lowest BCUT2D eigenvalue weighted by atomic mass is 9.88. The molecule has 0 saturated carbocycles. The molecular formula is C21H28FN3O2. The number of rotatable bonds is 6. The Morgan fingerprint density at radius 1 is 1.37 bits per heavy atom. The van der Waals surface area contributed by atoms with Gasteiger partial charge in [0.2, 0.25) is 5.91 Å². The van der Waals surface area contributed by atoms with E-state index in [1.165, 1.54) is 6.07 Å². The number of methoxy groups -OCH3 is 1. The van der Waals surface area contributed by atoms with Crippen molar-refractivity contribution in [3.8, 4) is 0 Å². The fraction of sp³-hybridized carbons (Fsp3) is 0.524. The van der Waals surface area contributed by atoms with Gasteiger partial charge in [-0.1, -0.05) is 32.0 Å². The fourth-order valence-corrected chi connectivity index (χ4v) is 3.89. The number of nitrogens with zero attached hydrogens (tertiary/aromatic N) is 3. The van der Waals surface area contributed by atoms with Gasteiger partial charge in [-0.05, 0) is 24.5 Å². The monoisotopic (exact) mass is 373 g/mol. The number of carbonyl (C=O) groups is 1. The van der Waals surface area contributed by atoms with Crippen LogP contribution in [0.2, 0.25) is 0 Å². The van der Waals surface area contributed by atoms with Gasteiger partial charge in [0.15, 0.2) is 0 Å². The van der Waals surface area contributed by atoms with Crippen LogP contribution in [0.25, 0.3) is 0 Å². The second-order valence-electron chi connectivity index (χ2n) is 7.53. The first-order valence-corrected chi connectivity index (χ1v) is 9.54. The number of imidazole rings is 1. The van der Waals surface area contributed by atoms with Crippen LogP contribution in [0, 0.1) is 11.7 Å². The van der Waals surface area contributed by atoms with E-state index in [2.05, 4.69) is 18.8 Å². The van der Waals surface area contributed by atoms with E-state index in [0.29, 0.717) is 25.1 Å². The largest absolute Gasteiger partial charge is 0.381 e. The highest BCUT2D eigenvalue weighted by atomic mass is 19.1. The smallest absolute Gasteiger partial charge is 0.242 e. The van der Waals surface area contributed by atoms with E-state index in [4.69, 9.17) is 4.74 Å². The van der Waals surface area contributed by atoms with Crippen molar-refractivity contribution in [2.75, 3.05) is 20.2 Å². The molecule has 2 heterocycles. The van der Waals surface area contributed by atoms with Gasteiger partial charge in [0.1, 0.15) is 18.2 Å². The summed E-state index contributed by atoms with van der Waals surface area (Å²) in [5.41, 5.74) is 0.676. The number of halogens is 1. The summed E-state index contributed by atoms with van der Waals surface area (Å²) < 4.78 is 21.6. The summed E-state index contributed by atoms with van der Waals surface area (Å²) in [6, 6.07) is 6.83. The van der Waals surface area contributed by atoms with Gasteiger partial charge in [-0.25, -0.2) is 9.37 Å². The minimum Gasteiger partial charge on any atom is -0.381 e. The van der Waals surface area contributed by atoms with Gasteiger partial charge in [0.05, 0.1) is 6.10 Å². The number of likely N-dealkylation sites (tertiary alicyclic amines) is 1. The van der Waals surface area contributed by atoms with E-state index in [0.717, 1.165) is 12.2 Å². The van der Waals surface area contributed by atoms with Crippen LogP contribution in [0.15, 0.2) is 36.7 Å². The first kappa shape index (κ1) is 19.5. The van der Waals surface area contributed by atoms with Gasteiger partial charge in [0.25, 0.3) is 0 Å². The molecular weight excluding hydrogens is 345 g/mol. The highest BCUT2D eigenvalue weighted by molar-refractivity contribution is 5.76. The van der Waals surface area contributed by atoms with Gasteiger partial charge < -0.3 is 14.2 Å². The molecule has 1 aromatic carbocycles. The molecule has 5 nitrogen and oxygen atoms in total. The maximum absolute atomic E-state index is 14.1. The average molecular weight is 373 g/mol. The summed E-state index contributed by atoms with van der Waals surface area (Å²) in [5.74, 6) is 1.13. The Morgan fingerprint density at radius 2 is 2.15 bits per heavy atom. The molecule has 6 heteroatoms. The van der Waals surface area contributed by atoms with Gasteiger partial charge in [-0.3, -0.25) is 4.79 Å². The van der Waals surface area contributed by atoms with Crippen LogP contribution in [-0.4, -0.2) is 46.7 Å². The lowest BCUT2D eigenvalue weighted by molar-refractivity contribution is -0.136. The molecule has 2 atom stereocenters. The molecule has 0 radical (unpaired) electrons. The Balaban J connectivity index is 1.69. The van der Waals surface area contributed by atoms with Crippen molar-refractivity contribution in [2.24, 2.45) is 5.92 Å². The van der Waals surface area contributed by atoms with Crippen LogP contribution < -0.4 is 0 Å². The van der Waals surface area contributed by atoms with Gasteiger partial charge in [-0.2, -0.15) is 0 Å². The van der Waals surface area contributed by atoms with E-state index in [-0.39, 0.29) is 36.2 Å². The number of benzene rings is 1. The van der Waals surface area contributed by atoms with Crippen LogP contribution in [-0.2, 0) is 22.5 Å². The zero-order valence-electron chi connectivity index (χ0n) is 16.3. The standard InChI is InChI=1S/C21H28FN3O2/c1-15(2)21-23-9-11-25(21)14-20(26)24-10-8-19(27-3)17(13-24)12-16-6-4-5-7-18(16)22/h4-7,9,11,15,17,19H,8,10,12-14H2,1-3H3/t17-,19-/m1/s1. The lowest BCUT2D eigenvalue weighted by Crippen LogP contribution is -2.48. The quantitative estimate of drug-likeness (QED) is 0.781. The number of piperidine rings is 1. The normalized spacial score (nSPS) is 20.3. The number of hydrogen-bond donors (Lipinski definition) is 0. The Morgan fingerprint density at radius 3 is 2.85 bits per heavy atom. The molecule has 0 bridgehead atoms. The van der Waals surface area contributed by atoms with Crippen molar-refractivity contribution in [2.45, 2.75) is 45.3 Å². The zero-order chi connectivity index (χ0) is 19.4. The Bertz CT molecular complexity index is 774. The second-order valence-corrected chi connectivity index (χ2v) is 7.53. The van der Waals surface area contributed by atoms with Crippen LogP contribution in [0.1, 0.15) is 37.6 Å². The number of carbonyl (C=O) groups excluding carboxylic acids is 1. The third-order valence-electron chi connectivity index (χ3n) is 5.33. The average Bonchev–Trinajstić information content (AvgIpc) is 3.12.